The fourth-order valence-corrected chi connectivity index (χ4v) is 0.939. The Hall–Kier alpha value is -0.930. The molecule has 0 spiro atoms. The summed E-state index contributed by atoms with van der Waals surface area (Å²) in [7, 11) is 0. The number of carbonyl (C=O) groups excluding carboxylic acids is 1. The second-order valence-electron chi connectivity index (χ2n) is 2.03. The average molecular weight is 205 g/mol. The van der Waals surface area contributed by atoms with E-state index < -0.39 is 6.03 Å². The normalized spacial score (nSPS) is 9.17. The summed E-state index contributed by atoms with van der Waals surface area (Å²) in [6.07, 6.45) is 0. The Morgan fingerprint density at radius 1 is 1.33 bits per heavy atom. The van der Waals surface area contributed by atoms with Crippen LogP contribution in [0.5, 0.6) is 0 Å². The van der Waals surface area contributed by atoms with Crippen LogP contribution in [0, 0.1) is 0 Å². The zero-order valence-electron chi connectivity index (χ0n) is 5.97. The van der Waals surface area contributed by atoms with E-state index in [1.165, 1.54) is 0 Å². The third-order valence-electron chi connectivity index (χ3n) is 1.21. The quantitative estimate of drug-likeness (QED) is 0.679. The van der Waals surface area contributed by atoms with Crippen molar-refractivity contribution in [3.8, 4) is 0 Å². The maximum Gasteiger partial charge on any atom is 0.333 e. The van der Waals surface area contributed by atoms with E-state index in [0.29, 0.717) is 10.7 Å². The number of para-hydroxylation sites is 1. The first-order valence-corrected chi connectivity index (χ1v) is 3.92. The van der Waals surface area contributed by atoms with Crippen LogP contribution in [0.1, 0.15) is 0 Å². The van der Waals surface area contributed by atoms with Crippen LogP contribution in [0.25, 0.3) is 0 Å². The van der Waals surface area contributed by atoms with Gasteiger partial charge in [-0.1, -0.05) is 23.7 Å². The summed E-state index contributed by atoms with van der Waals surface area (Å²) in [5, 5.41) is 2.92. The van der Waals surface area contributed by atoms with Crippen molar-refractivity contribution >= 4 is 35.1 Å². The fraction of sp³-hybridized carbons (Fsp3) is 0. The molecule has 0 aromatic heterocycles. The number of anilines is 1. The molecule has 2 N–H and O–H groups in total. The predicted molar refractivity (Wildman–Crippen MR) is 49.5 cm³/mol. The molecule has 0 saturated heterocycles. The number of hydrogen-bond acceptors (Lipinski definition) is 1. The Morgan fingerprint density at radius 2 is 2.00 bits per heavy atom. The Balaban J connectivity index is 2.75. The number of rotatable bonds is 1. The summed E-state index contributed by atoms with van der Waals surface area (Å²) in [4.78, 5) is 12.6. The van der Waals surface area contributed by atoms with E-state index >= 15 is 0 Å². The first-order valence-electron chi connectivity index (χ1n) is 3.16. The molecule has 1 rings (SSSR count). The van der Waals surface area contributed by atoms with Gasteiger partial charge in [0.15, 0.2) is 0 Å². The van der Waals surface area contributed by atoms with Gasteiger partial charge in [-0.15, -0.1) is 0 Å². The van der Waals surface area contributed by atoms with Crippen molar-refractivity contribution in [3.63, 3.8) is 0 Å². The van der Waals surface area contributed by atoms with Crippen LogP contribution >= 0.6 is 23.4 Å². The fourth-order valence-electron chi connectivity index (χ4n) is 0.709. The van der Waals surface area contributed by atoms with Crippen molar-refractivity contribution in [2.75, 3.05) is 5.32 Å². The van der Waals surface area contributed by atoms with E-state index in [-0.39, 0.29) is 0 Å². The first kappa shape index (κ1) is 9.16. The summed E-state index contributed by atoms with van der Waals surface area (Å²) >= 11 is 10.8. The minimum absolute atomic E-state index is 0.470. The summed E-state index contributed by atoms with van der Waals surface area (Å²) < 4.78 is 0. The maximum atomic E-state index is 10.7. The van der Waals surface area contributed by atoms with Crippen molar-refractivity contribution in [1.29, 1.82) is 0 Å². The van der Waals surface area contributed by atoms with Gasteiger partial charge in [0.05, 0.1) is 10.7 Å². The van der Waals surface area contributed by atoms with Crippen molar-refractivity contribution in [1.82, 2.24) is 4.84 Å². The second-order valence-corrected chi connectivity index (χ2v) is 2.62. The topological polar surface area (TPSA) is 41.1 Å². The molecular formula is C7H6Cl2N2O. The Labute approximate surface area is 79.8 Å². The number of urea groups is 1. The number of hydrogen-bond donors (Lipinski definition) is 2. The van der Waals surface area contributed by atoms with E-state index in [2.05, 4.69) is 5.32 Å². The van der Waals surface area contributed by atoms with Crippen LogP contribution in [0.2, 0.25) is 5.02 Å². The molecule has 64 valence electrons. The van der Waals surface area contributed by atoms with Crippen LogP contribution in [0.15, 0.2) is 24.3 Å². The molecule has 0 aliphatic carbocycles. The molecule has 12 heavy (non-hydrogen) atoms. The summed E-state index contributed by atoms with van der Waals surface area (Å²) in [5.74, 6) is 0. The van der Waals surface area contributed by atoms with Crippen LogP contribution in [-0.4, -0.2) is 6.03 Å². The summed E-state index contributed by atoms with van der Waals surface area (Å²) in [6, 6.07) is 6.37. The second kappa shape index (κ2) is 4.18. The summed E-state index contributed by atoms with van der Waals surface area (Å²) in [6.45, 7) is 0. The van der Waals surface area contributed by atoms with Gasteiger partial charge in [0.2, 0.25) is 0 Å². The van der Waals surface area contributed by atoms with E-state index in [9.17, 15) is 4.79 Å². The van der Waals surface area contributed by atoms with E-state index in [4.69, 9.17) is 23.4 Å². The lowest BCUT2D eigenvalue weighted by Crippen LogP contribution is -2.20. The third kappa shape index (κ3) is 2.29. The van der Waals surface area contributed by atoms with Gasteiger partial charge < -0.3 is 5.32 Å². The molecule has 3 nitrogen and oxygen atoms in total. The zero-order valence-corrected chi connectivity index (χ0v) is 7.49. The minimum Gasteiger partial charge on any atom is -0.306 e. The largest absolute Gasteiger partial charge is 0.333 e. The summed E-state index contributed by atoms with van der Waals surface area (Å²) in [5.41, 5.74) is 0.525. The monoisotopic (exact) mass is 204 g/mol. The van der Waals surface area contributed by atoms with Gasteiger partial charge in [0, 0.05) is 11.8 Å². The molecule has 0 radical (unpaired) electrons. The molecule has 0 atom stereocenters. The molecular weight excluding hydrogens is 199 g/mol. The van der Waals surface area contributed by atoms with E-state index in [1.54, 1.807) is 24.3 Å². The molecule has 5 heteroatoms. The number of benzene rings is 1. The first-order chi connectivity index (χ1) is 5.74. The van der Waals surface area contributed by atoms with Gasteiger partial charge in [-0.05, 0) is 12.1 Å². The maximum absolute atomic E-state index is 10.7. The van der Waals surface area contributed by atoms with Gasteiger partial charge >= 0.3 is 6.03 Å². The highest BCUT2D eigenvalue weighted by Crippen LogP contribution is 2.19. The van der Waals surface area contributed by atoms with Gasteiger partial charge in [0.1, 0.15) is 0 Å². The molecule has 1 aromatic rings. The highest BCUT2D eigenvalue weighted by atomic mass is 35.5. The van der Waals surface area contributed by atoms with Gasteiger partial charge in [-0.25, -0.2) is 9.63 Å². The van der Waals surface area contributed by atoms with Crippen molar-refractivity contribution in [3.05, 3.63) is 29.3 Å². The SMILES string of the molecule is O=C(NCl)Nc1ccccc1Cl. The number of amides is 2. The molecule has 0 aliphatic rings. The van der Waals surface area contributed by atoms with Gasteiger partial charge in [-0.2, -0.15) is 0 Å². The highest BCUT2D eigenvalue weighted by molar-refractivity contribution is 6.34. The molecule has 0 heterocycles. The average Bonchev–Trinajstić information content (AvgIpc) is 2.09. The van der Waals surface area contributed by atoms with Crippen molar-refractivity contribution in [2.45, 2.75) is 0 Å². The Morgan fingerprint density at radius 3 is 2.58 bits per heavy atom. The van der Waals surface area contributed by atoms with E-state index in [1.807, 2.05) is 4.84 Å². The number of carbonyl (C=O) groups is 1. The van der Waals surface area contributed by atoms with Crippen LogP contribution in [0.4, 0.5) is 10.5 Å². The lowest BCUT2D eigenvalue weighted by atomic mass is 10.3. The smallest absolute Gasteiger partial charge is 0.306 e. The van der Waals surface area contributed by atoms with Crippen molar-refractivity contribution < 1.29 is 4.79 Å². The highest BCUT2D eigenvalue weighted by Gasteiger charge is 2.01. The molecule has 0 saturated carbocycles. The zero-order chi connectivity index (χ0) is 8.97. The van der Waals surface area contributed by atoms with Crippen LogP contribution in [-0.2, 0) is 0 Å². The molecule has 0 aliphatic heterocycles. The Bertz CT molecular complexity index is 290. The minimum atomic E-state index is -0.509. The molecule has 0 unspecified atom stereocenters. The lowest BCUT2D eigenvalue weighted by molar-refractivity contribution is 0.257. The van der Waals surface area contributed by atoms with Crippen LogP contribution < -0.4 is 10.2 Å². The predicted octanol–water partition coefficient (Wildman–Crippen LogP) is 2.62. The molecule has 0 bridgehead atoms. The third-order valence-corrected chi connectivity index (χ3v) is 1.71. The molecule has 1 aromatic carbocycles. The number of halogens is 2. The van der Waals surface area contributed by atoms with Gasteiger partial charge in [-0.3, -0.25) is 0 Å². The van der Waals surface area contributed by atoms with Crippen LogP contribution in [0.3, 0.4) is 0 Å². The molecule has 2 amide bonds. The lowest BCUT2D eigenvalue weighted by Gasteiger charge is -2.03. The Kier molecular flexibility index (Phi) is 3.19. The number of nitrogens with one attached hydrogen (secondary N) is 2. The molecule has 0 fully saturated rings. The van der Waals surface area contributed by atoms with Crippen molar-refractivity contribution in [2.24, 2.45) is 0 Å². The standard InChI is InChI=1S/C7H6Cl2N2O/c8-5-3-1-2-4-6(5)10-7(12)11-9/h1-4H,(H2,10,11,12). The van der Waals surface area contributed by atoms with E-state index in [0.717, 1.165) is 0 Å². The van der Waals surface area contributed by atoms with Gasteiger partial charge in [0.25, 0.3) is 0 Å².